The second-order valence-corrected chi connectivity index (χ2v) is 6.55. The summed E-state index contributed by atoms with van der Waals surface area (Å²) in [5.41, 5.74) is 1.92. The molecule has 0 aliphatic heterocycles. The Kier molecular flexibility index (Phi) is 7.77. The zero-order valence-electron chi connectivity index (χ0n) is 13.5. The van der Waals surface area contributed by atoms with Gasteiger partial charge in [0, 0.05) is 5.70 Å². The maximum absolute atomic E-state index is 12.3. The molecular formula is C17H23Cl2NO2. The Morgan fingerprint density at radius 3 is 2.27 bits per heavy atom. The minimum absolute atomic E-state index is 0.298. The van der Waals surface area contributed by atoms with Crippen LogP contribution in [0.4, 0.5) is 0 Å². The Bertz CT molecular complexity index is 510. The lowest BCUT2D eigenvalue weighted by Crippen LogP contribution is -2.34. The Balaban J connectivity index is 3.01. The third-order valence-corrected chi connectivity index (χ3v) is 3.62. The van der Waals surface area contributed by atoms with Crippen molar-refractivity contribution >= 4 is 29.1 Å². The lowest BCUT2D eigenvalue weighted by molar-refractivity contribution is -0.128. The van der Waals surface area contributed by atoms with Crippen LogP contribution in [0, 0.1) is 5.92 Å². The van der Waals surface area contributed by atoms with Gasteiger partial charge in [-0.1, -0.05) is 55.3 Å². The smallest absolute Gasteiger partial charge is 0.260 e. The van der Waals surface area contributed by atoms with Crippen molar-refractivity contribution in [1.82, 2.24) is 4.90 Å². The molecule has 0 aromatic heterocycles. The maximum Gasteiger partial charge on any atom is 0.260 e. The van der Waals surface area contributed by atoms with Gasteiger partial charge >= 0.3 is 0 Å². The van der Waals surface area contributed by atoms with Crippen molar-refractivity contribution in [3.63, 3.8) is 0 Å². The molecule has 3 nitrogen and oxygen atoms in total. The number of alkyl halides is 2. The topological polar surface area (TPSA) is 29.5 Å². The van der Waals surface area contributed by atoms with E-state index in [1.165, 1.54) is 0 Å². The molecule has 0 radical (unpaired) electrons. The quantitative estimate of drug-likeness (QED) is 0.667. The van der Waals surface area contributed by atoms with Crippen LogP contribution in [0.3, 0.4) is 0 Å². The molecule has 0 N–H and O–H groups in total. The second kappa shape index (κ2) is 9.06. The summed E-state index contributed by atoms with van der Waals surface area (Å²) in [6, 6.07) is 7.60. The highest BCUT2D eigenvalue weighted by atomic mass is 35.5. The lowest BCUT2D eigenvalue weighted by atomic mass is 10.1. The number of methoxy groups -OCH3 is 1. The SMILES string of the molecule is C/C=C(/CC(C)C)N(Cc1ccc(OC)cc1)C(=O)C(Cl)Cl. The van der Waals surface area contributed by atoms with Crippen LogP contribution < -0.4 is 4.74 Å². The molecule has 22 heavy (non-hydrogen) atoms. The number of ether oxygens (including phenoxy) is 1. The largest absolute Gasteiger partial charge is 0.497 e. The first kappa shape index (κ1) is 18.9. The number of rotatable bonds is 7. The van der Waals surface area contributed by atoms with Crippen molar-refractivity contribution in [2.45, 2.75) is 38.6 Å². The predicted octanol–water partition coefficient (Wildman–Crippen LogP) is 4.78. The van der Waals surface area contributed by atoms with E-state index in [0.717, 1.165) is 23.4 Å². The highest BCUT2D eigenvalue weighted by Crippen LogP contribution is 2.23. The predicted molar refractivity (Wildman–Crippen MR) is 92.3 cm³/mol. The summed E-state index contributed by atoms with van der Waals surface area (Å²) in [5, 5.41) is 0. The highest BCUT2D eigenvalue weighted by molar-refractivity contribution is 6.53. The molecule has 122 valence electrons. The highest BCUT2D eigenvalue weighted by Gasteiger charge is 2.24. The van der Waals surface area contributed by atoms with Gasteiger partial charge in [0.25, 0.3) is 5.91 Å². The van der Waals surface area contributed by atoms with Crippen molar-refractivity contribution in [2.24, 2.45) is 5.92 Å². The summed E-state index contributed by atoms with van der Waals surface area (Å²) in [6.07, 6.45) is 2.73. The monoisotopic (exact) mass is 343 g/mol. The van der Waals surface area contributed by atoms with Crippen LogP contribution in [0.25, 0.3) is 0 Å². The van der Waals surface area contributed by atoms with Gasteiger partial charge in [0.15, 0.2) is 4.84 Å². The molecule has 1 amide bonds. The van der Waals surface area contributed by atoms with E-state index in [-0.39, 0.29) is 5.91 Å². The third kappa shape index (κ3) is 5.54. The molecule has 0 aliphatic carbocycles. The third-order valence-electron chi connectivity index (χ3n) is 3.25. The van der Waals surface area contributed by atoms with Gasteiger partial charge in [-0.25, -0.2) is 0 Å². The van der Waals surface area contributed by atoms with Crippen LogP contribution in [0.15, 0.2) is 36.0 Å². The molecule has 1 aromatic carbocycles. The van der Waals surface area contributed by atoms with Crippen LogP contribution in [0.1, 0.15) is 32.8 Å². The van der Waals surface area contributed by atoms with Crippen LogP contribution >= 0.6 is 23.2 Å². The molecule has 0 saturated carbocycles. The average Bonchev–Trinajstić information content (AvgIpc) is 2.50. The van der Waals surface area contributed by atoms with Crippen molar-refractivity contribution in [1.29, 1.82) is 0 Å². The van der Waals surface area contributed by atoms with Gasteiger partial charge in [-0.15, -0.1) is 0 Å². The number of allylic oxidation sites excluding steroid dienone is 2. The first-order chi connectivity index (χ1) is 10.4. The Labute approximate surface area is 142 Å². The fourth-order valence-corrected chi connectivity index (χ4v) is 2.39. The molecule has 5 heteroatoms. The Morgan fingerprint density at radius 1 is 1.27 bits per heavy atom. The molecule has 0 aliphatic rings. The van der Waals surface area contributed by atoms with Gasteiger partial charge in [-0.05, 0) is 37.0 Å². The molecule has 0 atom stereocenters. The summed E-state index contributed by atoms with van der Waals surface area (Å²) in [4.78, 5) is 12.9. The van der Waals surface area contributed by atoms with Crippen LogP contribution in [0.2, 0.25) is 0 Å². The minimum atomic E-state index is -1.07. The summed E-state index contributed by atoms with van der Waals surface area (Å²) in [7, 11) is 1.62. The number of hydrogen-bond acceptors (Lipinski definition) is 2. The number of nitrogens with zero attached hydrogens (tertiary/aromatic N) is 1. The molecule has 0 spiro atoms. The van der Waals surface area contributed by atoms with Crippen molar-refractivity contribution < 1.29 is 9.53 Å². The first-order valence-electron chi connectivity index (χ1n) is 7.26. The Morgan fingerprint density at radius 2 is 1.86 bits per heavy atom. The van der Waals surface area contributed by atoms with Gasteiger partial charge < -0.3 is 9.64 Å². The molecule has 1 rings (SSSR count). The fraction of sp³-hybridized carbons (Fsp3) is 0.471. The maximum atomic E-state index is 12.3. The minimum Gasteiger partial charge on any atom is -0.497 e. The molecule has 0 bridgehead atoms. The van der Waals surface area contributed by atoms with E-state index in [1.54, 1.807) is 12.0 Å². The van der Waals surface area contributed by atoms with Crippen LogP contribution in [-0.4, -0.2) is 22.8 Å². The van der Waals surface area contributed by atoms with E-state index in [4.69, 9.17) is 27.9 Å². The number of halogens is 2. The van der Waals surface area contributed by atoms with E-state index in [0.29, 0.717) is 12.5 Å². The number of carbonyl (C=O) groups excluding carboxylic acids is 1. The molecule has 0 fully saturated rings. The zero-order chi connectivity index (χ0) is 16.7. The van der Waals surface area contributed by atoms with Gasteiger partial charge in [0.2, 0.25) is 0 Å². The van der Waals surface area contributed by atoms with E-state index < -0.39 is 4.84 Å². The van der Waals surface area contributed by atoms with Gasteiger partial charge in [0.05, 0.1) is 13.7 Å². The number of amides is 1. The van der Waals surface area contributed by atoms with Gasteiger partial charge in [0.1, 0.15) is 5.75 Å². The summed E-state index contributed by atoms with van der Waals surface area (Å²) in [6.45, 7) is 6.57. The van der Waals surface area contributed by atoms with Crippen molar-refractivity contribution in [3.05, 3.63) is 41.6 Å². The molecule has 0 saturated heterocycles. The van der Waals surface area contributed by atoms with E-state index in [2.05, 4.69) is 13.8 Å². The molecule has 0 unspecified atom stereocenters. The second-order valence-electron chi connectivity index (χ2n) is 5.45. The molecule has 0 heterocycles. The van der Waals surface area contributed by atoms with Crippen molar-refractivity contribution in [2.75, 3.05) is 7.11 Å². The van der Waals surface area contributed by atoms with Gasteiger partial charge in [-0.3, -0.25) is 4.79 Å². The number of benzene rings is 1. The van der Waals surface area contributed by atoms with Gasteiger partial charge in [-0.2, -0.15) is 0 Å². The average molecular weight is 344 g/mol. The van der Waals surface area contributed by atoms with Crippen molar-refractivity contribution in [3.8, 4) is 5.75 Å². The first-order valence-corrected chi connectivity index (χ1v) is 8.14. The molecule has 1 aromatic rings. The molecular weight excluding hydrogens is 321 g/mol. The number of hydrogen-bond donors (Lipinski definition) is 0. The summed E-state index contributed by atoms with van der Waals surface area (Å²) in [5.74, 6) is 0.914. The standard InChI is InChI=1S/C17H23Cl2NO2/c1-5-14(10-12(2)3)20(17(21)16(18)19)11-13-6-8-15(22-4)9-7-13/h5-9,12,16H,10-11H2,1-4H3/b14-5-. The number of carbonyl (C=O) groups is 1. The van der Waals surface area contributed by atoms with E-state index in [9.17, 15) is 4.79 Å². The lowest BCUT2D eigenvalue weighted by Gasteiger charge is -2.27. The Hall–Kier alpha value is -1.19. The van der Waals surface area contributed by atoms with Crippen LogP contribution in [0.5, 0.6) is 5.75 Å². The van der Waals surface area contributed by atoms with E-state index in [1.807, 2.05) is 37.3 Å². The van der Waals surface area contributed by atoms with E-state index >= 15 is 0 Å². The fourth-order valence-electron chi connectivity index (χ4n) is 2.15. The summed E-state index contributed by atoms with van der Waals surface area (Å²) >= 11 is 11.6. The normalized spacial score (nSPS) is 11.9. The van der Waals surface area contributed by atoms with Crippen LogP contribution in [-0.2, 0) is 11.3 Å². The summed E-state index contributed by atoms with van der Waals surface area (Å²) < 4.78 is 5.15. The zero-order valence-corrected chi connectivity index (χ0v) is 15.0.